The number of nitrogens with zero attached hydrogens (tertiary/aromatic N) is 2. The van der Waals surface area contributed by atoms with Crippen molar-refractivity contribution in [2.45, 2.75) is 0 Å². The lowest BCUT2D eigenvalue weighted by molar-refractivity contribution is 0.103. The van der Waals surface area contributed by atoms with Crippen molar-refractivity contribution in [1.82, 2.24) is 9.78 Å². The lowest BCUT2D eigenvalue weighted by Gasteiger charge is -2.07. The molecule has 0 fully saturated rings. The predicted octanol–water partition coefficient (Wildman–Crippen LogP) is 3.12. The minimum atomic E-state index is -0.404. The van der Waals surface area contributed by atoms with Gasteiger partial charge >= 0.3 is 0 Å². The van der Waals surface area contributed by atoms with E-state index in [0.29, 0.717) is 16.3 Å². The first-order valence-corrected chi connectivity index (χ1v) is 6.98. The van der Waals surface area contributed by atoms with Gasteiger partial charge in [-0.25, -0.2) is 4.68 Å². The highest BCUT2D eigenvalue weighted by atomic mass is 35.5. The first kappa shape index (κ1) is 14.2. The van der Waals surface area contributed by atoms with Crippen LogP contribution in [0.4, 0.5) is 0 Å². The normalized spacial score (nSPS) is 10.4. The molecule has 0 aliphatic carbocycles. The Balaban J connectivity index is 2.06. The summed E-state index contributed by atoms with van der Waals surface area (Å²) in [6.07, 6.45) is 1.52. The standard InChI is InChI=1S/C17H11ClN2O2/c18-13-6-8-14(9-7-13)20-11-10-15(21)16(19-20)17(22)12-4-2-1-3-5-12/h1-11H. The van der Waals surface area contributed by atoms with Crippen LogP contribution in [-0.4, -0.2) is 15.6 Å². The van der Waals surface area contributed by atoms with Gasteiger partial charge < -0.3 is 0 Å². The van der Waals surface area contributed by atoms with Crippen molar-refractivity contribution >= 4 is 17.4 Å². The molecule has 0 aliphatic rings. The molecule has 3 aromatic rings. The van der Waals surface area contributed by atoms with Gasteiger partial charge in [0, 0.05) is 22.8 Å². The lowest BCUT2D eigenvalue weighted by Crippen LogP contribution is -2.21. The highest BCUT2D eigenvalue weighted by Gasteiger charge is 2.15. The molecule has 22 heavy (non-hydrogen) atoms. The number of aromatic nitrogens is 2. The molecule has 0 unspecified atom stereocenters. The van der Waals surface area contributed by atoms with E-state index in [2.05, 4.69) is 5.10 Å². The maximum absolute atomic E-state index is 12.4. The van der Waals surface area contributed by atoms with Gasteiger partial charge in [0.2, 0.25) is 11.2 Å². The van der Waals surface area contributed by atoms with Crippen molar-refractivity contribution in [3.63, 3.8) is 0 Å². The third-order valence-electron chi connectivity index (χ3n) is 3.15. The molecule has 1 aromatic heterocycles. The van der Waals surface area contributed by atoms with Crippen LogP contribution >= 0.6 is 11.6 Å². The smallest absolute Gasteiger partial charge is 0.217 e. The van der Waals surface area contributed by atoms with Crippen molar-refractivity contribution in [1.29, 1.82) is 0 Å². The van der Waals surface area contributed by atoms with Crippen LogP contribution in [0.1, 0.15) is 16.1 Å². The van der Waals surface area contributed by atoms with Crippen molar-refractivity contribution in [3.05, 3.63) is 93.4 Å². The van der Waals surface area contributed by atoms with Crippen LogP contribution in [0.5, 0.6) is 0 Å². The van der Waals surface area contributed by atoms with Gasteiger partial charge in [0.1, 0.15) is 0 Å². The van der Waals surface area contributed by atoms with E-state index in [1.807, 2.05) is 0 Å². The van der Waals surface area contributed by atoms with Crippen LogP contribution in [0.15, 0.2) is 71.7 Å². The molecule has 0 aliphatic heterocycles. The summed E-state index contributed by atoms with van der Waals surface area (Å²) >= 11 is 5.85. The number of halogens is 1. The van der Waals surface area contributed by atoms with Crippen LogP contribution in [0.3, 0.4) is 0 Å². The predicted molar refractivity (Wildman–Crippen MR) is 84.7 cm³/mol. The number of rotatable bonds is 3. The minimum absolute atomic E-state index is 0.108. The van der Waals surface area contributed by atoms with Crippen LogP contribution in [0, 0.1) is 0 Å². The first-order chi connectivity index (χ1) is 10.6. The van der Waals surface area contributed by atoms with E-state index in [9.17, 15) is 9.59 Å². The summed E-state index contributed by atoms with van der Waals surface area (Å²) in [5.74, 6) is -0.395. The molecule has 108 valence electrons. The molecule has 0 saturated heterocycles. The molecule has 2 aromatic carbocycles. The summed E-state index contributed by atoms with van der Waals surface area (Å²) in [5.41, 5.74) is 0.634. The molecule has 0 N–H and O–H groups in total. The fourth-order valence-corrected chi connectivity index (χ4v) is 2.15. The Morgan fingerprint density at radius 1 is 0.955 bits per heavy atom. The van der Waals surface area contributed by atoms with E-state index in [4.69, 9.17) is 11.6 Å². The van der Waals surface area contributed by atoms with Crippen molar-refractivity contribution < 1.29 is 4.79 Å². The van der Waals surface area contributed by atoms with E-state index in [0.717, 1.165) is 0 Å². The SMILES string of the molecule is O=C(c1ccccc1)c1nn(-c2ccc(Cl)cc2)ccc1=O. The van der Waals surface area contributed by atoms with Gasteiger partial charge in [0.05, 0.1) is 5.69 Å². The van der Waals surface area contributed by atoms with Gasteiger partial charge in [-0.1, -0.05) is 41.9 Å². The van der Waals surface area contributed by atoms with Crippen molar-refractivity contribution in [2.24, 2.45) is 0 Å². The molecule has 0 bridgehead atoms. The molecule has 4 nitrogen and oxygen atoms in total. The maximum atomic E-state index is 12.4. The van der Waals surface area contributed by atoms with E-state index >= 15 is 0 Å². The summed E-state index contributed by atoms with van der Waals surface area (Å²) in [5, 5.41) is 4.76. The Hall–Kier alpha value is -2.72. The number of benzene rings is 2. The molecule has 3 rings (SSSR count). The Morgan fingerprint density at radius 3 is 2.32 bits per heavy atom. The first-order valence-electron chi connectivity index (χ1n) is 6.61. The number of carbonyl (C=O) groups is 1. The van der Waals surface area contributed by atoms with Gasteiger partial charge in [-0.15, -0.1) is 0 Å². The molecule has 1 heterocycles. The highest BCUT2D eigenvalue weighted by Crippen LogP contribution is 2.12. The molecule has 0 amide bonds. The molecule has 0 atom stereocenters. The average Bonchev–Trinajstić information content (AvgIpc) is 2.56. The summed E-state index contributed by atoms with van der Waals surface area (Å²) in [6, 6.07) is 16.9. The largest absolute Gasteiger partial charge is 0.287 e. The summed E-state index contributed by atoms with van der Waals surface area (Å²) < 4.78 is 1.48. The summed E-state index contributed by atoms with van der Waals surface area (Å²) in [4.78, 5) is 24.4. The molecule has 0 spiro atoms. The van der Waals surface area contributed by atoms with E-state index < -0.39 is 11.2 Å². The van der Waals surface area contributed by atoms with Gasteiger partial charge in [0.25, 0.3) is 0 Å². The van der Waals surface area contributed by atoms with E-state index in [1.54, 1.807) is 54.6 Å². The fourth-order valence-electron chi connectivity index (χ4n) is 2.03. The third-order valence-corrected chi connectivity index (χ3v) is 3.40. The summed E-state index contributed by atoms with van der Waals surface area (Å²) in [7, 11) is 0. The Labute approximate surface area is 131 Å². The highest BCUT2D eigenvalue weighted by molar-refractivity contribution is 6.30. The number of ketones is 1. The quantitative estimate of drug-likeness (QED) is 0.698. The zero-order chi connectivity index (χ0) is 15.5. The molecule has 0 saturated carbocycles. The van der Waals surface area contributed by atoms with E-state index in [1.165, 1.54) is 16.9 Å². The topological polar surface area (TPSA) is 52.0 Å². The lowest BCUT2D eigenvalue weighted by atomic mass is 10.1. The monoisotopic (exact) mass is 310 g/mol. The van der Waals surface area contributed by atoms with Crippen molar-refractivity contribution in [2.75, 3.05) is 0 Å². The average molecular weight is 311 g/mol. The fraction of sp³-hybridized carbons (Fsp3) is 0. The zero-order valence-electron chi connectivity index (χ0n) is 11.4. The Kier molecular flexibility index (Phi) is 3.85. The number of hydrogen-bond donors (Lipinski definition) is 0. The van der Waals surface area contributed by atoms with Crippen LogP contribution in [0.25, 0.3) is 5.69 Å². The minimum Gasteiger partial charge on any atom is -0.287 e. The maximum Gasteiger partial charge on any atom is 0.217 e. The van der Waals surface area contributed by atoms with Crippen LogP contribution < -0.4 is 5.43 Å². The number of hydrogen-bond acceptors (Lipinski definition) is 3. The molecule has 5 heteroatoms. The molecule has 0 radical (unpaired) electrons. The second kappa shape index (κ2) is 5.95. The van der Waals surface area contributed by atoms with Crippen molar-refractivity contribution in [3.8, 4) is 5.69 Å². The van der Waals surface area contributed by atoms with E-state index in [-0.39, 0.29) is 5.69 Å². The third kappa shape index (κ3) is 2.82. The summed E-state index contributed by atoms with van der Waals surface area (Å²) in [6.45, 7) is 0. The van der Waals surface area contributed by atoms with Crippen LogP contribution in [0.2, 0.25) is 5.02 Å². The van der Waals surface area contributed by atoms with Gasteiger partial charge in [0.15, 0.2) is 5.69 Å². The van der Waals surface area contributed by atoms with Gasteiger partial charge in [-0.3, -0.25) is 9.59 Å². The van der Waals surface area contributed by atoms with Gasteiger partial charge in [-0.2, -0.15) is 5.10 Å². The van der Waals surface area contributed by atoms with Gasteiger partial charge in [-0.05, 0) is 24.3 Å². The second-order valence-electron chi connectivity index (χ2n) is 4.64. The Morgan fingerprint density at radius 2 is 1.64 bits per heavy atom. The zero-order valence-corrected chi connectivity index (χ0v) is 12.2. The number of carbonyl (C=O) groups excluding carboxylic acids is 1. The molecular formula is C17H11ClN2O2. The second-order valence-corrected chi connectivity index (χ2v) is 5.08. The van der Waals surface area contributed by atoms with Crippen LogP contribution in [-0.2, 0) is 0 Å². The molecular weight excluding hydrogens is 300 g/mol. The Bertz CT molecular complexity index is 871.